The molecular weight excluding hydrogens is 138 g/mol. The Morgan fingerprint density at radius 2 is 2.09 bits per heavy atom. The van der Waals surface area contributed by atoms with Gasteiger partial charge in [0.25, 0.3) is 0 Å². The molecule has 0 aliphatic rings. The van der Waals surface area contributed by atoms with Crippen molar-refractivity contribution in [3.05, 3.63) is 35.4 Å². The van der Waals surface area contributed by atoms with E-state index in [0.717, 1.165) is 12.0 Å². The summed E-state index contributed by atoms with van der Waals surface area (Å²) in [6.07, 6.45) is 1.04. The third-order valence-electron chi connectivity index (χ3n) is 1.68. The molecular formula is C9H13NO. The Kier molecular flexibility index (Phi) is 3.08. The molecule has 0 radical (unpaired) electrons. The number of hydrogen-bond donors (Lipinski definition) is 2. The molecule has 1 rings (SSSR count). The van der Waals surface area contributed by atoms with Crippen molar-refractivity contribution < 1.29 is 5.21 Å². The minimum Gasteiger partial charge on any atom is -0.316 e. The first-order valence-electron chi connectivity index (χ1n) is 3.81. The van der Waals surface area contributed by atoms with E-state index in [1.807, 2.05) is 12.1 Å². The molecule has 2 heteroatoms. The first kappa shape index (κ1) is 8.24. The topological polar surface area (TPSA) is 32.3 Å². The zero-order chi connectivity index (χ0) is 8.10. The predicted octanol–water partition coefficient (Wildman–Crippen LogP) is 1.73. The molecule has 1 aromatic rings. The Morgan fingerprint density at radius 1 is 1.36 bits per heavy atom. The highest BCUT2D eigenvalue weighted by molar-refractivity contribution is 5.22. The monoisotopic (exact) mass is 151 g/mol. The van der Waals surface area contributed by atoms with E-state index in [0.29, 0.717) is 6.54 Å². The van der Waals surface area contributed by atoms with Crippen molar-refractivity contribution in [2.75, 3.05) is 0 Å². The molecule has 60 valence electrons. The maximum absolute atomic E-state index is 8.43. The van der Waals surface area contributed by atoms with Gasteiger partial charge >= 0.3 is 0 Å². The van der Waals surface area contributed by atoms with Crippen LogP contribution in [-0.2, 0) is 13.0 Å². The second-order valence-corrected chi connectivity index (χ2v) is 2.51. The number of hydrogen-bond acceptors (Lipinski definition) is 2. The summed E-state index contributed by atoms with van der Waals surface area (Å²) in [6, 6.07) is 8.16. The summed E-state index contributed by atoms with van der Waals surface area (Å²) < 4.78 is 0. The van der Waals surface area contributed by atoms with Crippen LogP contribution in [0.5, 0.6) is 0 Å². The Balaban J connectivity index is 2.74. The van der Waals surface area contributed by atoms with Crippen molar-refractivity contribution in [1.29, 1.82) is 0 Å². The van der Waals surface area contributed by atoms with Crippen LogP contribution in [0.1, 0.15) is 18.1 Å². The van der Waals surface area contributed by atoms with E-state index in [-0.39, 0.29) is 0 Å². The lowest BCUT2D eigenvalue weighted by Gasteiger charge is -2.00. The van der Waals surface area contributed by atoms with Crippen molar-refractivity contribution in [3.8, 4) is 0 Å². The lowest BCUT2D eigenvalue weighted by atomic mass is 10.1. The van der Waals surface area contributed by atoms with Gasteiger partial charge < -0.3 is 5.21 Å². The van der Waals surface area contributed by atoms with Gasteiger partial charge in [0, 0.05) is 6.54 Å². The van der Waals surface area contributed by atoms with E-state index in [1.165, 1.54) is 5.56 Å². The Morgan fingerprint density at radius 3 is 2.73 bits per heavy atom. The van der Waals surface area contributed by atoms with Crippen LogP contribution in [0.25, 0.3) is 0 Å². The molecule has 11 heavy (non-hydrogen) atoms. The van der Waals surface area contributed by atoms with Crippen LogP contribution in [-0.4, -0.2) is 5.21 Å². The van der Waals surface area contributed by atoms with E-state index < -0.39 is 0 Å². The number of rotatable bonds is 3. The van der Waals surface area contributed by atoms with Gasteiger partial charge in [0.05, 0.1) is 0 Å². The molecule has 0 fully saturated rings. The van der Waals surface area contributed by atoms with Crippen molar-refractivity contribution >= 4 is 0 Å². The smallest absolute Gasteiger partial charge is 0.0458 e. The van der Waals surface area contributed by atoms with Crippen molar-refractivity contribution in [1.82, 2.24) is 5.48 Å². The number of aryl methyl sites for hydroxylation is 1. The quantitative estimate of drug-likeness (QED) is 0.645. The second kappa shape index (κ2) is 4.11. The molecule has 0 amide bonds. The van der Waals surface area contributed by atoms with Gasteiger partial charge in [-0.3, -0.25) is 0 Å². The van der Waals surface area contributed by atoms with E-state index in [2.05, 4.69) is 24.5 Å². The standard InChI is InChI=1S/C9H13NO/c1-2-8-4-3-5-9(6-8)7-10-11/h3-6,10-11H,2,7H2,1H3. The molecule has 0 spiro atoms. The first-order chi connectivity index (χ1) is 5.36. The molecule has 0 heterocycles. The molecule has 0 unspecified atom stereocenters. The minimum atomic E-state index is 0.522. The highest BCUT2D eigenvalue weighted by Gasteiger charge is 1.91. The zero-order valence-corrected chi connectivity index (χ0v) is 6.67. The second-order valence-electron chi connectivity index (χ2n) is 2.51. The summed E-state index contributed by atoms with van der Waals surface area (Å²) in [6.45, 7) is 2.64. The Hall–Kier alpha value is -0.860. The highest BCUT2D eigenvalue weighted by Crippen LogP contribution is 2.04. The van der Waals surface area contributed by atoms with Crippen LogP contribution < -0.4 is 5.48 Å². The van der Waals surface area contributed by atoms with Gasteiger partial charge in [-0.2, -0.15) is 0 Å². The van der Waals surface area contributed by atoms with Gasteiger partial charge in [-0.25, -0.2) is 5.48 Å². The van der Waals surface area contributed by atoms with Gasteiger partial charge in [-0.1, -0.05) is 31.2 Å². The molecule has 2 N–H and O–H groups in total. The SMILES string of the molecule is CCc1cccc(CNO)c1. The van der Waals surface area contributed by atoms with E-state index in [1.54, 1.807) is 0 Å². The molecule has 0 bridgehead atoms. The van der Waals surface area contributed by atoms with Crippen molar-refractivity contribution in [2.24, 2.45) is 0 Å². The summed E-state index contributed by atoms with van der Waals surface area (Å²) >= 11 is 0. The van der Waals surface area contributed by atoms with Crippen molar-refractivity contribution in [3.63, 3.8) is 0 Å². The van der Waals surface area contributed by atoms with Gasteiger partial charge in [0.15, 0.2) is 0 Å². The molecule has 0 saturated carbocycles. The number of nitrogens with one attached hydrogen (secondary N) is 1. The summed E-state index contributed by atoms with van der Waals surface area (Å²) in [4.78, 5) is 0. The third kappa shape index (κ3) is 2.33. The predicted molar refractivity (Wildman–Crippen MR) is 44.4 cm³/mol. The highest BCUT2D eigenvalue weighted by atomic mass is 16.5. The third-order valence-corrected chi connectivity index (χ3v) is 1.68. The molecule has 0 saturated heterocycles. The minimum absolute atomic E-state index is 0.522. The van der Waals surface area contributed by atoms with Gasteiger partial charge in [-0.05, 0) is 17.5 Å². The summed E-state index contributed by atoms with van der Waals surface area (Å²) in [5, 5.41) is 8.43. The fourth-order valence-corrected chi connectivity index (χ4v) is 1.05. The van der Waals surface area contributed by atoms with E-state index in [4.69, 9.17) is 5.21 Å². The molecule has 1 aromatic carbocycles. The lowest BCUT2D eigenvalue weighted by molar-refractivity contribution is 0.161. The molecule has 0 aliphatic heterocycles. The van der Waals surface area contributed by atoms with E-state index in [9.17, 15) is 0 Å². The average molecular weight is 151 g/mol. The van der Waals surface area contributed by atoms with Crippen LogP contribution in [0.4, 0.5) is 0 Å². The molecule has 0 atom stereocenters. The average Bonchev–Trinajstić information content (AvgIpc) is 2.06. The fraction of sp³-hybridized carbons (Fsp3) is 0.333. The summed E-state index contributed by atoms with van der Waals surface area (Å²) in [5.74, 6) is 0. The largest absolute Gasteiger partial charge is 0.316 e. The Bertz CT molecular complexity index is 223. The van der Waals surface area contributed by atoms with Crippen LogP contribution in [0, 0.1) is 0 Å². The number of benzene rings is 1. The summed E-state index contributed by atoms with van der Waals surface area (Å²) in [5.41, 5.74) is 4.56. The molecule has 0 aromatic heterocycles. The first-order valence-corrected chi connectivity index (χ1v) is 3.81. The Labute approximate surface area is 66.8 Å². The van der Waals surface area contributed by atoms with Crippen LogP contribution in [0.2, 0.25) is 0 Å². The van der Waals surface area contributed by atoms with Gasteiger partial charge in [0.1, 0.15) is 0 Å². The summed E-state index contributed by atoms with van der Waals surface area (Å²) in [7, 11) is 0. The normalized spacial score (nSPS) is 10.0. The molecule has 2 nitrogen and oxygen atoms in total. The maximum atomic E-state index is 8.43. The zero-order valence-electron chi connectivity index (χ0n) is 6.67. The van der Waals surface area contributed by atoms with Gasteiger partial charge in [0.2, 0.25) is 0 Å². The lowest BCUT2D eigenvalue weighted by Crippen LogP contribution is -2.05. The number of hydroxylamine groups is 1. The van der Waals surface area contributed by atoms with Gasteiger partial charge in [-0.15, -0.1) is 0 Å². The van der Waals surface area contributed by atoms with Crippen LogP contribution >= 0.6 is 0 Å². The van der Waals surface area contributed by atoms with Crippen molar-refractivity contribution in [2.45, 2.75) is 19.9 Å². The fourth-order valence-electron chi connectivity index (χ4n) is 1.05. The van der Waals surface area contributed by atoms with Crippen LogP contribution in [0.15, 0.2) is 24.3 Å². The molecule has 0 aliphatic carbocycles. The van der Waals surface area contributed by atoms with E-state index >= 15 is 0 Å². The maximum Gasteiger partial charge on any atom is 0.0458 e. The van der Waals surface area contributed by atoms with Crippen LogP contribution in [0.3, 0.4) is 0 Å².